The van der Waals surface area contributed by atoms with Crippen LogP contribution >= 0.6 is 0 Å². The second-order valence-corrected chi connectivity index (χ2v) is 4.63. The van der Waals surface area contributed by atoms with Crippen molar-refractivity contribution in [1.29, 1.82) is 0 Å². The zero-order chi connectivity index (χ0) is 16.0. The Morgan fingerprint density at radius 1 is 1.52 bits per heavy atom. The SMILES string of the molecule is CCNC(=O)c1ccc([N+](=O)[O-])c(NCC(N)C(C)O)c1. The Bertz CT molecular complexity index is 519. The van der Waals surface area contributed by atoms with Crippen molar-refractivity contribution in [2.45, 2.75) is 26.0 Å². The zero-order valence-corrected chi connectivity index (χ0v) is 12.0. The summed E-state index contributed by atoms with van der Waals surface area (Å²) < 4.78 is 0. The molecular formula is C13H20N4O4. The van der Waals surface area contributed by atoms with E-state index in [1.54, 1.807) is 6.92 Å². The number of carbonyl (C=O) groups is 1. The number of rotatable bonds is 7. The molecule has 1 aromatic carbocycles. The van der Waals surface area contributed by atoms with Crippen LogP contribution in [0.1, 0.15) is 24.2 Å². The van der Waals surface area contributed by atoms with Gasteiger partial charge in [0.25, 0.3) is 11.6 Å². The summed E-state index contributed by atoms with van der Waals surface area (Å²) in [5.74, 6) is -0.310. The number of carbonyl (C=O) groups excluding carboxylic acids is 1. The molecule has 0 aliphatic carbocycles. The predicted octanol–water partition coefficient (Wildman–Crippen LogP) is 0.464. The summed E-state index contributed by atoms with van der Waals surface area (Å²) in [5.41, 5.74) is 6.03. The van der Waals surface area contributed by atoms with E-state index >= 15 is 0 Å². The Morgan fingerprint density at radius 3 is 2.71 bits per heavy atom. The fourth-order valence-electron chi connectivity index (χ4n) is 1.64. The average Bonchev–Trinajstić information content (AvgIpc) is 2.44. The third-order valence-corrected chi connectivity index (χ3v) is 2.94. The highest BCUT2D eigenvalue weighted by Crippen LogP contribution is 2.25. The molecule has 2 unspecified atom stereocenters. The van der Waals surface area contributed by atoms with Crippen LogP contribution < -0.4 is 16.4 Å². The number of hydrogen-bond acceptors (Lipinski definition) is 6. The van der Waals surface area contributed by atoms with Crippen molar-refractivity contribution in [2.75, 3.05) is 18.4 Å². The lowest BCUT2D eigenvalue weighted by molar-refractivity contribution is -0.384. The summed E-state index contributed by atoms with van der Waals surface area (Å²) in [4.78, 5) is 22.2. The number of hydrogen-bond donors (Lipinski definition) is 4. The van der Waals surface area contributed by atoms with Crippen LogP contribution in [0, 0.1) is 10.1 Å². The molecule has 0 heterocycles. The van der Waals surface area contributed by atoms with Gasteiger partial charge in [-0.2, -0.15) is 0 Å². The van der Waals surface area contributed by atoms with Crippen LogP contribution in [0.5, 0.6) is 0 Å². The van der Waals surface area contributed by atoms with Crippen molar-refractivity contribution in [1.82, 2.24) is 5.32 Å². The summed E-state index contributed by atoms with van der Waals surface area (Å²) in [6, 6.07) is 3.49. The van der Waals surface area contributed by atoms with Gasteiger partial charge in [0.1, 0.15) is 5.69 Å². The number of anilines is 1. The van der Waals surface area contributed by atoms with Crippen molar-refractivity contribution in [3.05, 3.63) is 33.9 Å². The largest absolute Gasteiger partial charge is 0.392 e. The molecule has 0 aromatic heterocycles. The second-order valence-electron chi connectivity index (χ2n) is 4.63. The van der Waals surface area contributed by atoms with Crippen molar-refractivity contribution < 1.29 is 14.8 Å². The fraction of sp³-hybridized carbons (Fsp3) is 0.462. The molecule has 5 N–H and O–H groups in total. The molecule has 0 fully saturated rings. The minimum Gasteiger partial charge on any atom is -0.392 e. The van der Waals surface area contributed by atoms with Gasteiger partial charge in [0.05, 0.1) is 11.0 Å². The molecule has 0 saturated carbocycles. The third-order valence-electron chi connectivity index (χ3n) is 2.94. The van der Waals surface area contributed by atoms with Gasteiger partial charge >= 0.3 is 0 Å². The quantitative estimate of drug-likeness (QED) is 0.427. The molecule has 0 saturated heterocycles. The highest BCUT2D eigenvalue weighted by molar-refractivity contribution is 5.95. The van der Waals surface area contributed by atoms with E-state index in [2.05, 4.69) is 10.6 Å². The van der Waals surface area contributed by atoms with Crippen molar-refractivity contribution in [2.24, 2.45) is 5.73 Å². The molecule has 0 bridgehead atoms. The van der Waals surface area contributed by atoms with Crippen LogP contribution in [-0.4, -0.2) is 41.2 Å². The number of aliphatic hydroxyl groups is 1. The number of nitro groups is 1. The molecule has 8 heteroatoms. The Balaban J connectivity index is 2.99. The predicted molar refractivity (Wildman–Crippen MR) is 79.2 cm³/mol. The van der Waals surface area contributed by atoms with E-state index in [-0.39, 0.29) is 23.8 Å². The number of nitrogens with zero attached hydrogens (tertiary/aromatic N) is 1. The number of amides is 1. The van der Waals surface area contributed by atoms with Crippen LogP contribution in [0.4, 0.5) is 11.4 Å². The molecule has 21 heavy (non-hydrogen) atoms. The summed E-state index contributed by atoms with van der Waals surface area (Å²) in [6.07, 6.45) is -0.747. The molecule has 1 amide bonds. The molecule has 2 atom stereocenters. The highest BCUT2D eigenvalue weighted by Gasteiger charge is 2.18. The van der Waals surface area contributed by atoms with Gasteiger partial charge in [0, 0.05) is 30.8 Å². The van der Waals surface area contributed by atoms with Gasteiger partial charge in [-0.15, -0.1) is 0 Å². The lowest BCUT2D eigenvalue weighted by Gasteiger charge is -2.16. The molecule has 116 valence electrons. The van der Waals surface area contributed by atoms with E-state index in [9.17, 15) is 20.0 Å². The minimum absolute atomic E-state index is 0.150. The van der Waals surface area contributed by atoms with E-state index in [4.69, 9.17) is 5.73 Å². The standard InChI is InChI=1S/C13H20N4O4/c1-3-15-13(19)9-4-5-12(17(20)21)11(6-9)16-7-10(14)8(2)18/h4-6,8,10,16,18H,3,7,14H2,1-2H3,(H,15,19). The monoisotopic (exact) mass is 296 g/mol. The molecular weight excluding hydrogens is 276 g/mol. The second kappa shape index (κ2) is 7.55. The maximum Gasteiger partial charge on any atom is 0.292 e. The fourth-order valence-corrected chi connectivity index (χ4v) is 1.64. The Kier molecular flexibility index (Phi) is 6.07. The molecule has 8 nitrogen and oxygen atoms in total. The first-order valence-corrected chi connectivity index (χ1v) is 6.61. The van der Waals surface area contributed by atoms with E-state index in [0.717, 1.165) is 0 Å². The third kappa shape index (κ3) is 4.69. The zero-order valence-electron chi connectivity index (χ0n) is 12.0. The number of aliphatic hydroxyl groups excluding tert-OH is 1. The number of nitrogens with one attached hydrogen (secondary N) is 2. The Labute approximate surface area is 122 Å². The molecule has 0 spiro atoms. The Hall–Kier alpha value is -2.19. The van der Waals surface area contributed by atoms with Crippen LogP contribution in [-0.2, 0) is 0 Å². The van der Waals surface area contributed by atoms with Crippen molar-refractivity contribution >= 4 is 17.3 Å². The van der Waals surface area contributed by atoms with E-state index in [1.165, 1.54) is 25.1 Å². The molecule has 1 aromatic rings. The van der Waals surface area contributed by atoms with Gasteiger partial charge < -0.3 is 21.5 Å². The molecule has 0 aliphatic rings. The van der Waals surface area contributed by atoms with Gasteiger partial charge in [0.15, 0.2) is 0 Å². The molecule has 0 aliphatic heterocycles. The number of nitro benzene ring substituents is 1. The van der Waals surface area contributed by atoms with E-state index in [1.807, 2.05) is 0 Å². The van der Waals surface area contributed by atoms with Gasteiger partial charge in [-0.1, -0.05) is 0 Å². The maximum atomic E-state index is 11.8. The van der Waals surface area contributed by atoms with Crippen LogP contribution in [0.25, 0.3) is 0 Å². The maximum absolute atomic E-state index is 11.8. The van der Waals surface area contributed by atoms with Crippen molar-refractivity contribution in [3.8, 4) is 0 Å². The smallest absolute Gasteiger partial charge is 0.292 e. The summed E-state index contributed by atoms with van der Waals surface area (Å²) in [6.45, 7) is 3.93. The lowest BCUT2D eigenvalue weighted by atomic mass is 10.1. The van der Waals surface area contributed by atoms with Crippen LogP contribution in [0.2, 0.25) is 0 Å². The van der Waals surface area contributed by atoms with E-state index in [0.29, 0.717) is 12.1 Å². The number of benzene rings is 1. The minimum atomic E-state index is -0.747. The van der Waals surface area contributed by atoms with Crippen molar-refractivity contribution in [3.63, 3.8) is 0 Å². The highest BCUT2D eigenvalue weighted by atomic mass is 16.6. The molecule has 0 radical (unpaired) electrons. The van der Waals surface area contributed by atoms with Gasteiger partial charge in [-0.3, -0.25) is 14.9 Å². The number of nitrogens with two attached hydrogens (primary N) is 1. The summed E-state index contributed by atoms with van der Waals surface area (Å²) in [5, 5.41) is 25.7. The topological polar surface area (TPSA) is 131 Å². The average molecular weight is 296 g/mol. The normalized spacial score (nSPS) is 13.3. The first-order chi connectivity index (χ1) is 9.86. The lowest BCUT2D eigenvalue weighted by Crippen LogP contribution is -2.38. The first-order valence-electron chi connectivity index (χ1n) is 6.61. The summed E-state index contributed by atoms with van der Waals surface area (Å²) >= 11 is 0. The van der Waals surface area contributed by atoms with Gasteiger partial charge in [-0.25, -0.2) is 0 Å². The first kappa shape index (κ1) is 16.9. The van der Waals surface area contributed by atoms with Gasteiger partial charge in [0.2, 0.25) is 0 Å². The molecule has 1 rings (SSSR count). The Morgan fingerprint density at radius 2 is 2.19 bits per heavy atom. The summed E-state index contributed by atoms with van der Waals surface area (Å²) in [7, 11) is 0. The van der Waals surface area contributed by atoms with Crippen LogP contribution in [0.3, 0.4) is 0 Å². The van der Waals surface area contributed by atoms with Crippen LogP contribution in [0.15, 0.2) is 18.2 Å². The van der Waals surface area contributed by atoms with Gasteiger partial charge in [-0.05, 0) is 26.0 Å². The van der Waals surface area contributed by atoms with E-state index < -0.39 is 17.1 Å².